The monoisotopic (exact) mass is 457 g/mol. The molecule has 0 bridgehead atoms. The van der Waals surface area contributed by atoms with Crippen molar-refractivity contribution >= 4 is 40.9 Å². The fourth-order valence-corrected chi connectivity index (χ4v) is 4.35. The summed E-state index contributed by atoms with van der Waals surface area (Å²) in [6.07, 6.45) is 1.65. The molecule has 0 spiro atoms. The normalized spacial score (nSPS) is 15.8. The van der Waals surface area contributed by atoms with E-state index in [4.69, 9.17) is 12.2 Å². The molecule has 1 saturated heterocycles. The summed E-state index contributed by atoms with van der Waals surface area (Å²) in [6.45, 7) is 10.6. The number of aryl methyl sites for hydroxylation is 1. The van der Waals surface area contributed by atoms with Crippen molar-refractivity contribution in [1.29, 1.82) is 0 Å². The van der Waals surface area contributed by atoms with Crippen LogP contribution in [0.1, 0.15) is 43.3 Å². The number of benzene rings is 2. The van der Waals surface area contributed by atoms with E-state index in [9.17, 15) is 9.59 Å². The number of amides is 2. The van der Waals surface area contributed by atoms with Crippen LogP contribution in [0.2, 0.25) is 0 Å². The van der Waals surface area contributed by atoms with Gasteiger partial charge >= 0.3 is 0 Å². The van der Waals surface area contributed by atoms with Crippen molar-refractivity contribution in [2.75, 3.05) is 4.90 Å². The molecule has 1 N–H and O–H groups in total. The molecule has 2 amide bonds. The van der Waals surface area contributed by atoms with Gasteiger partial charge < -0.3 is 4.57 Å². The number of carbonyl (C=O) groups excluding carboxylic acids is 2. The summed E-state index contributed by atoms with van der Waals surface area (Å²) >= 11 is 5.27. The third-order valence-electron chi connectivity index (χ3n) is 5.88. The Morgan fingerprint density at radius 3 is 2.15 bits per heavy atom. The molecule has 0 radical (unpaired) electrons. The third kappa shape index (κ3) is 4.26. The van der Waals surface area contributed by atoms with Gasteiger partial charge in [0.15, 0.2) is 5.11 Å². The van der Waals surface area contributed by atoms with E-state index in [0.717, 1.165) is 22.6 Å². The lowest BCUT2D eigenvalue weighted by Crippen LogP contribution is -2.54. The maximum Gasteiger partial charge on any atom is 0.270 e. The SMILES string of the molecule is Cc1cc(/C=C2\C(=O)NC(=S)N(c3ccccc3)C2=O)c(C)n1-c1ccc(C(C)(C)C)cc1. The van der Waals surface area contributed by atoms with Crippen LogP contribution in [-0.4, -0.2) is 21.5 Å². The van der Waals surface area contributed by atoms with E-state index in [-0.39, 0.29) is 16.1 Å². The smallest absolute Gasteiger partial charge is 0.270 e. The summed E-state index contributed by atoms with van der Waals surface area (Å²) in [4.78, 5) is 27.3. The van der Waals surface area contributed by atoms with Crippen LogP contribution in [0.5, 0.6) is 0 Å². The fraction of sp³-hybridized carbons (Fsp3) is 0.222. The molecule has 2 aromatic carbocycles. The third-order valence-corrected chi connectivity index (χ3v) is 6.16. The Morgan fingerprint density at radius 1 is 0.909 bits per heavy atom. The van der Waals surface area contributed by atoms with E-state index in [2.05, 4.69) is 54.9 Å². The first-order valence-electron chi connectivity index (χ1n) is 10.8. The number of hydrogen-bond acceptors (Lipinski definition) is 3. The first kappa shape index (κ1) is 22.7. The highest BCUT2D eigenvalue weighted by Gasteiger charge is 2.34. The molecule has 2 heterocycles. The Labute approximate surface area is 199 Å². The Balaban J connectivity index is 1.73. The lowest BCUT2D eigenvalue weighted by Gasteiger charge is -2.28. The van der Waals surface area contributed by atoms with Crippen molar-refractivity contribution in [2.45, 2.75) is 40.0 Å². The van der Waals surface area contributed by atoms with E-state index in [1.54, 1.807) is 18.2 Å². The van der Waals surface area contributed by atoms with Gasteiger partial charge in [0.1, 0.15) is 5.57 Å². The van der Waals surface area contributed by atoms with Crippen LogP contribution >= 0.6 is 12.2 Å². The number of para-hydroxylation sites is 1. The van der Waals surface area contributed by atoms with Crippen molar-refractivity contribution in [3.05, 3.63) is 88.8 Å². The van der Waals surface area contributed by atoms with Crippen LogP contribution in [0.4, 0.5) is 5.69 Å². The summed E-state index contributed by atoms with van der Waals surface area (Å²) in [5.74, 6) is -0.925. The van der Waals surface area contributed by atoms with Crippen LogP contribution in [-0.2, 0) is 15.0 Å². The second kappa shape index (κ2) is 8.45. The van der Waals surface area contributed by atoms with Crippen LogP contribution in [0.25, 0.3) is 11.8 Å². The molecule has 168 valence electrons. The molecule has 1 aliphatic rings. The zero-order valence-corrected chi connectivity index (χ0v) is 20.3. The minimum absolute atomic E-state index is 0.0517. The highest BCUT2D eigenvalue weighted by Crippen LogP contribution is 2.28. The Kier molecular flexibility index (Phi) is 5.80. The number of hydrogen-bond donors (Lipinski definition) is 1. The predicted octanol–water partition coefficient (Wildman–Crippen LogP) is 5.22. The van der Waals surface area contributed by atoms with Crippen molar-refractivity contribution in [2.24, 2.45) is 0 Å². The van der Waals surface area contributed by atoms with Crippen molar-refractivity contribution in [3.63, 3.8) is 0 Å². The minimum Gasteiger partial charge on any atom is -0.318 e. The zero-order valence-electron chi connectivity index (χ0n) is 19.5. The van der Waals surface area contributed by atoms with E-state index in [1.165, 1.54) is 10.5 Å². The Bertz CT molecular complexity index is 1280. The molecule has 4 rings (SSSR count). The molecule has 0 atom stereocenters. The summed E-state index contributed by atoms with van der Waals surface area (Å²) in [6, 6.07) is 19.6. The number of thiocarbonyl (C=S) groups is 1. The second-order valence-electron chi connectivity index (χ2n) is 9.25. The molecule has 3 aromatic rings. The molecule has 1 aromatic heterocycles. The Hall–Kier alpha value is -3.51. The van der Waals surface area contributed by atoms with Gasteiger partial charge in [-0.2, -0.15) is 0 Å². The summed E-state index contributed by atoms with van der Waals surface area (Å²) in [7, 11) is 0. The average Bonchev–Trinajstić information content (AvgIpc) is 3.04. The van der Waals surface area contributed by atoms with Gasteiger partial charge in [-0.25, -0.2) is 0 Å². The molecule has 5 nitrogen and oxygen atoms in total. The number of anilines is 1. The minimum atomic E-state index is -0.489. The summed E-state index contributed by atoms with van der Waals surface area (Å²) < 4.78 is 2.13. The lowest BCUT2D eigenvalue weighted by atomic mass is 9.87. The van der Waals surface area contributed by atoms with Crippen molar-refractivity contribution in [3.8, 4) is 5.69 Å². The summed E-state index contributed by atoms with van der Waals surface area (Å²) in [5, 5.41) is 2.73. The van der Waals surface area contributed by atoms with Gasteiger partial charge in [-0.15, -0.1) is 0 Å². The van der Waals surface area contributed by atoms with Gasteiger partial charge in [0.05, 0.1) is 5.69 Å². The summed E-state index contributed by atoms with van der Waals surface area (Å²) in [5.41, 5.74) is 5.82. The van der Waals surface area contributed by atoms with E-state index in [0.29, 0.717) is 5.69 Å². The topological polar surface area (TPSA) is 54.3 Å². The van der Waals surface area contributed by atoms with Gasteiger partial charge in [-0.3, -0.25) is 19.8 Å². The highest BCUT2D eigenvalue weighted by molar-refractivity contribution is 7.80. The second-order valence-corrected chi connectivity index (χ2v) is 9.64. The molecule has 1 aliphatic heterocycles. The average molecular weight is 458 g/mol. The maximum atomic E-state index is 13.3. The first-order chi connectivity index (χ1) is 15.6. The molecule has 0 aliphatic carbocycles. The molecule has 33 heavy (non-hydrogen) atoms. The first-order valence-corrected chi connectivity index (χ1v) is 11.2. The van der Waals surface area contributed by atoms with Crippen LogP contribution in [0.15, 0.2) is 66.2 Å². The van der Waals surface area contributed by atoms with Crippen LogP contribution in [0.3, 0.4) is 0 Å². The lowest BCUT2D eigenvalue weighted by molar-refractivity contribution is -0.122. The largest absolute Gasteiger partial charge is 0.318 e. The molecular weight excluding hydrogens is 430 g/mol. The number of nitrogens with zero attached hydrogens (tertiary/aromatic N) is 2. The maximum absolute atomic E-state index is 13.3. The predicted molar refractivity (Wildman–Crippen MR) is 137 cm³/mol. The van der Waals surface area contributed by atoms with Gasteiger partial charge in [-0.1, -0.05) is 51.1 Å². The number of carbonyl (C=O) groups is 2. The number of aromatic nitrogens is 1. The number of rotatable bonds is 3. The zero-order chi connectivity index (χ0) is 23.9. The molecule has 1 fully saturated rings. The molecule has 6 heteroatoms. The molecular formula is C27H27N3O2S. The van der Waals surface area contributed by atoms with Gasteiger partial charge in [0.25, 0.3) is 11.8 Å². The van der Waals surface area contributed by atoms with Crippen molar-refractivity contribution < 1.29 is 9.59 Å². The van der Waals surface area contributed by atoms with Gasteiger partial charge in [0, 0.05) is 17.1 Å². The van der Waals surface area contributed by atoms with E-state index < -0.39 is 11.8 Å². The quantitative estimate of drug-likeness (QED) is 0.333. The number of nitrogens with one attached hydrogen (secondary N) is 1. The molecule has 0 unspecified atom stereocenters. The van der Waals surface area contributed by atoms with Crippen molar-refractivity contribution in [1.82, 2.24) is 9.88 Å². The van der Waals surface area contributed by atoms with E-state index >= 15 is 0 Å². The van der Waals surface area contributed by atoms with Crippen LogP contribution in [0, 0.1) is 13.8 Å². The Morgan fingerprint density at radius 2 is 1.55 bits per heavy atom. The highest BCUT2D eigenvalue weighted by atomic mass is 32.1. The van der Waals surface area contributed by atoms with Crippen LogP contribution < -0.4 is 10.2 Å². The van der Waals surface area contributed by atoms with E-state index in [1.807, 2.05) is 38.1 Å². The standard InChI is InChI=1S/C27H27N3O2S/c1-17-15-19(18(2)29(17)22-13-11-20(12-14-22)27(3,4)5)16-23-24(31)28-26(33)30(25(23)32)21-9-7-6-8-10-21/h6-16H,1-5H3,(H,28,31,33)/b23-16+. The fourth-order valence-electron chi connectivity index (χ4n) is 4.07. The van der Waals surface area contributed by atoms with Gasteiger partial charge in [0.2, 0.25) is 0 Å². The molecule has 0 saturated carbocycles. The van der Waals surface area contributed by atoms with Gasteiger partial charge in [-0.05, 0) is 79.0 Å².